The quantitative estimate of drug-likeness (QED) is 0.560. The van der Waals surface area contributed by atoms with Crippen LogP contribution in [-0.2, 0) is 20.9 Å². The molecule has 1 atom stereocenters. The first-order valence-electron chi connectivity index (χ1n) is 10.2. The number of esters is 1. The van der Waals surface area contributed by atoms with E-state index in [0.717, 1.165) is 5.56 Å². The van der Waals surface area contributed by atoms with Crippen molar-refractivity contribution < 1.29 is 19.1 Å². The van der Waals surface area contributed by atoms with Crippen molar-refractivity contribution in [3.63, 3.8) is 0 Å². The van der Waals surface area contributed by atoms with E-state index in [0.29, 0.717) is 11.3 Å². The van der Waals surface area contributed by atoms with Crippen LogP contribution in [0.4, 0.5) is 4.79 Å². The van der Waals surface area contributed by atoms with Gasteiger partial charge in [-0.15, -0.1) is 5.10 Å². The van der Waals surface area contributed by atoms with Gasteiger partial charge in [-0.1, -0.05) is 65.9 Å². The van der Waals surface area contributed by atoms with Crippen molar-refractivity contribution in [1.82, 2.24) is 20.3 Å². The number of carbonyl (C=O) groups excluding carboxylic acids is 2. The molecule has 1 aromatic heterocycles. The average molecular weight is 434 g/mol. The van der Waals surface area contributed by atoms with Crippen LogP contribution >= 0.6 is 0 Å². The van der Waals surface area contributed by atoms with E-state index >= 15 is 0 Å². The summed E-state index contributed by atoms with van der Waals surface area (Å²) >= 11 is 0. The van der Waals surface area contributed by atoms with E-state index < -0.39 is 23.7 Å². The second-order valence-corrected chi connectivity index (χ2v) is 8.01. The predicted octanol–water partition coefficient (Wildman–Crippen LogP) is 4.22. The first-order chi connectivity index (χ1) is 15.3. The van der Waals surface area contributed by atoms with Crippen LogP contribution in [0.15, 0.2) is 66.9 Å². The van der Waals surface area contributed by atoms with E-state index in [2.05, 4.69) is 15.6 Å². The summed E-state index contributed by atoms with van der Waals surface area (Å²) in [6.07, 6.45) is 4.59. The van der Waals surface area contributed by atoms with Gasteiger partial charge in [-0.2, -0.15) is 0 Å². The monoisotopic (exact) mass is 434 g/mol. The van der Waals surface area contributed by atoms with E-state index in [1.54, 1.807) is 57.4 Å². The van der Waals surface area contributed by atoms with Crippen molar-refractivity contribution in [3.8, 4) is 0 Å². The summed E-state index contributed by atoms with van der Waals surface area (Å²) in [7, 11) is 0. The van der Waals surface area contributed by atoms with E-state index in [1.165, 1.54) is 4.68 Å². The van der Waals surface area contributed by atoms with E-state index in [4.69, 9.17) is 9.47 Å². The molecular weight excluding hydrogens is 408 g/mol. The van der Waals surface area contributed by atoms with E-state index in [-0.39, 0.29) is 6.61 Å². The van der Waals surface area contributed by atoms with Crippen molar-refractivity contribution in [2.75, 3.05) is 0 Å². The normalized spacial score (nSPS) is 12.3. The number of rotatable bonds is 7. The Labute approximate surface area is 186 Å². The summed E-state index contributed by atoms with van der Waals surface area (Å²) in [4.78, 5) is 25.0. The zero-order chi connectivity index (χ0) is 23.0. The van der Waals surface area contributed by atoms with Gasteiger partial charge in [-0.3, -0.25) is 0 Å². The zero-order valence-corrected chi connectivity index (χ0v) is 18.3. The largest absolute Gasteiger partial charge is 0.457 e. The molecule has 0 spiro atoms. The Hall–Kier alpha value is -3.94. The summed E-state index contributed by atoms with van der Waals surface area (Å²) in [5, 5.41) is 10.6. The number of alkyl carbamates (subject to hydrolysis) is 1. The number of hydrogen-bond donors (Lipinski definition) is 1. The molecule has 0 saturated carbocycles. The standard InChI is InChI=1S/C24H26N4O4/c1-24(2,3)32-23(30)25-21(19-12-8-5-9-13-19)22(29)31-17-20-16-28(27-26-20)15-14-18-10-6-4-7-11-18/h4-16,21H,17H2,1-3H3,(H,25,30)/b15-14+/t21-/m0/s1. The minimum absolute atomic E-state index is 0.0860. The Morgan fingerprint density at radius 2 is 1.72 bits per heavy atom. The number of nitrogens with one attached hydrogen (secondary N) is 1. The number of nitrogens with zero attached hydrogens (tertiary/aromatic N) is 3. The molecule has 1 N–H and O–H groups in total. The van der Waals surface area contributed by atoms with Crippen LogP contribution in [0.2, 0.25) is 0 Å². The molecule has 0 aliphatic rings. The van der Waals surface area contributed by atoms with Gasteiger partial charge in [0.1, 0.15) is 17.9 Å². The number of benzene rings is 2. The predicted molar refractivity (Wildman–Crippen MR) is 120 cm³/mol. The maximum absolute atomic E-state index is 12.8. The van der Waals surface area contributed by atoms with Gasteiger partial charge in [-0.25, -0.2) is 14.3 Å². The summed E-state index contributed by atoms with van der Waals surface area (Å²) in [5.74, 6) is -0.628. The molecule has 32 heavy (non-hydrogen) atoms. The topological polar surface area (TPSA) is 95.3 Å². The summed E-state index contributed by atoms with van der Waals surface area (Å²) < 4.78 is 12.2. The SMILES string of the molecule is CC(C)(C)OC(=O)N[C@H](C(=O)OCc1cn(/C=C/c2ccccc2)nn1)c1ccccc1. The molecule has 0 bridgehead atoms. The van der Waals surface area contributed by atoms with Gasteiger partial charge in [0.25, 0.3) is 0 Å². The van der Waals surface area contributed by atoms with Crippen LogP contribution in [0.3, 0.4) is 0 Å². The summed E-state index contributed by atoms with van der Waals surface area (Å²) in [6.45, 7) is 5.16. The van der Waals surface area contributed by atoms with Crippen molar-refractivity contribution in [3.05, 3.63) is 83.7 Å². The fourth-order valence-corrected chi connectivity index (χ4v) is 2.76. The van der Waals surface area contributed by atoms with Gasteiger partial charge in [-0.05, 0) is 38.0 Å². The van der Waals surface area contributed by atoms with Crippen LogP contribution < -0.4 is 5.32 Å². The third kappa shape index (κ3) is 7.09. The van der Waals surface area contributed by atoms with Crippen molar-refractivity contribution in [2.45, 2.75) is 39.0 Å². The second-order valence-electron chi connectivity index (χ2n) is 8.01. The first kappa shape index (κ1) is 22.7. The average Bonchev–Trinajstić information content (AvgIpc) is 3.22. The second kappa shape index (κ2) is 10.4. The Morgan fingerprint density at radius 1 is 1.06 bits per heavy atom. The summed E-state index contributed by atoms with van der Waals surface area (Å²) in [6, 6.07) is 17.6. The van der Waals surface area contributed by atoms with Crippen LogP contribution in [0.25, 0.3) is 12.3 Å². The third-order valence-electron chi connectivity index (χ3n) is 4.17. The van der Waals surface area contributed by atoms with Gasteiger partial charge in [0, 0.05) is 6.20 Å². The van der Waals surface area contributed by atoms with Gasteiger partial charge in [0.05, 0.1) is 6.20 Å². The Morgan fingerprint density at radius 3 is 2.38 bits per heavy atom. The molecule has 0 saturated heterocycles. The number of amides is 1. The van der Waals surface area contributed by atoms with Gasteiger partial charge in [0.2, 0.25) is 0 Å². The molecular formula is C24H26N4O4. The lowest BCUT2D eigenvalue weighted by molar-refractivity contribution is -0.147. The molecule has 3 aromatic rings. The van der Waals surface area contributed by atoms with E-state index in [1.807, 2.05) is 42.5 Å². The fourth-order valence-electron chi connectivity index (χ4n) is 2.76. The molecule has 0 aliphatic carbocycles. The smallest absolute Gasteiger partial charge is 0.408 e. The highest BCUT2D eigenvalue weighted by molar-refractivity contribution is 5.82. The number of ether oxygens (including phenoxy) is 2. The lowest BCUT2D eigenvalue weighted by Gasteiger charge is -2.23. The molecule has 3 rings (SSSR count). The number of hydrogen-bond acceptors (Lipinski definition) is 6. The van der Waals surface area contributed by atoms with Crippen LogP contribution in [0.1, 0.15) is 43.6 Å². The molecule has 2 aromatic carbocycles. The maximum Gasteiger partial charge on any atom is 0.408 e. The number of carbonyl (C=O) groups is 2. The molecule has 0 fully saturated rings. The molecule has 0 unspecified atom stereocenters. The lowest BCUT2D eigenvalue weighted by atomic mass is 10.1. The highest BCUT2D eigenvalue weighted by atomic mass is 16.6. The van der Waals surface area contributed by atoms with Crippen molar-refractivity contribution >= 4 is 24.3 Å². The molecule has 0 radical (unpaired) electrons. The summed E-state index contributed by atoms with van der Waals surface area (Å²) in [5.41, 5.74) is 1.38. The Bertz CT molecular complexity index is 1060. The van der Waals surface area contributed by atoms with E-state index in [9.17, 15) is 9.59 Å². The Balaban J connectivity index is 1.63. The number of aromatic nitrogens is 3. The van der Waals surface area contributed by atoms with Crippen molar-refractivity contribution in [1.29, 1.82) is 0 Å². The molecule has 8 heteroatoms. The minimum Gasteiger partial charge on any atom is -0.457 e. The lowest BCUT2D eigenvalue weighted by Crippen LogP contribution is -2.38. The first-order valence-corrected chi connectivity index (χ1v) is 10.2. The van der Waals surface area contributed by atoms with Gasteiger partial charge >= 0.3 is 12.1 Å². The molecule has 1 heterocycles. The highest BCUT2D eigenvalue weighted by Gasteiger charge is 2.27. The highest BCUT2D eigenvalue weighted by Crippen LogP contribution is 2.17. The van der Waals surface area contributed by atoms with Crippen LogP contribution in [0, 0.1) is 0 Å². The Kier molecular flexibility index (Phi) is 7.38. The molecule has 166 valence electrons. The zero-order valence-electron chi connectivity index (χ0n) is 18.3. The van der Waals surface area contributed by atoms with Gasteiger partial charge < -0.3 is 14.8 Å². The fraction of sp³-hybridized carbons (Fsp3) is 0.250. The van der Waals surface area contributed by atoms with Crippen LogP contribution in [0.5, 0.6) is 0 Å². The minimum atomic E-state index is -1.01. The molecule has 0 aliphatic heterocycles. The van der Waals surface area contributed by atoms with Gasteiger partial charge in [0.15, 0.2) is 6.04 Å². The third-order valence-corrected chi connectivity index (χ3v) is 4.17. The molecule has 8 nitrogen and oxygen atoms in total. The maximum atomic E-state index is 12.8. The molecule has 1 amide bonds. The van der Waals surface area contributed by atoms with Crippen LogP contribution in [-0.4, -0.2) is 32.7 Å². The van der Waals surface area contributed by atoms with Crippen molar-refractivity contribution in [2.24, 2.45) is 0 Å².